The third kappa shape index (κ3) is 5.19. The second kappa shape index (κ2) is 9.59. The highest BCUT2D eigenvalue weighted by molar-refractivity contribution is 9.10. The first kappa shape index (κ1) is 20.8. The summed E-state index contributed by atoms with van der Waals surface area (Å²) >= 11 is 8.16. The molecule has 3 aromatic rings. The molecule has 150 valence electrons. The van der Waals surface area contributed by atoms with E-state index >= 15 is 0 Å². The van der Waals surface area contributed by atoms with E-state index < -0.39 is 0 Å². The van der Waals surface area contributed by atoms with E-state index in [9.17, 15) is 4.79 Å². The van der Waals surface area contributed by atoms with Crippen molar-refractivity contribution >= 4 is 67.0 Å². The van der Waals surface area contributed by atoms with Crippen LogP contribution in [0.4, 0.5) is 0 Å². The van der Waals surface area contributed by atoms with Crippen LogP contribution in [0.3, 0.4) is 0 Å². The minimum absolute atomic E-state index is 0.129. The number of furan rings is 1. The number of benzene rings is 2. The second-order valence-electron chi connectivity index (χ2n) is 6.32. The molecule has 4 rings (SSSR count). The molecule has 0 saturated carbocycles. The molecule has 30 heavy (non-hydrogen) atoms. The van der Waals surface area contributed by atoms with Crippen molar-refractivity contribution in [3.05, 3.63) is 97.7 Å². The van der Waals surface area contributed by atoms with Gasteiger partial charge in [0.2, 0.25) is 0 Å². The van der Waals surface area contributed by atoms with Gasteiger partial charge in [0.05, 0.1) is 23.9 Å². The fourth-order valence-corrected chi connectivity index (χ4v) is 4.34. The van der Waals surface area contributed by atoms with Gasteiger partial charge in [-0.2, -0.15) is 5.10 Å². The molecule has 2 aromatic carbocycles. The summed E-state index contributed by atoms with van der Waals surface area (Å²) < 4.78 is 7.37. The summed E-state index contributed by atoms with van der Waals surface area (Å²) in [7, 11) is 0. The van der Waals surface area contributed by atoms with Crippen molar-refractivity contribution < 1.29 is 9.21 Å². The molecule has 0 N–H and O–H groups in total. The number of thioether (sulfide) groups is 1. The van der Waals surface area contributed by atoms with Crippen molar-refractivity contribution in [2.45, 2.75) is 6.54 Å². The Balaban J connectivity index is 1.61. The molecule has 1 aliphatic heterocycles. The minimum Gasteiger partial charge on any atom is -0.467 e. The molecule has 5 nitrogen and oxygen atoms in total. The predicted molar refractivity (Wildman–Crippen MR) is 128 cm³/mol. The predicted octanol–water partition coefficient (Wildman–Crippen LogP) is 6.31. The zero-order valence-electron chi connectivity index (χ0n) is 15.5. The average molecular weight is 545 g/mol. The summed E-state index contributed by atoms with van der Waals surface area (Å²) in [5.74, 6) is 0.549. The lowest BCUT2D eigenvalue weighted by Gasteiger charge is -2.12. The maximum Gasteiger partial charge on any atom is 0.267 e. The molecular weight excluding hydrogens is 530 g/mol. The quantitative estimate of drug-likeness (QED) is 0.215. The van der Waals surface area contributed by atoms with E-state index in [1.807, 2.05) is 60.7 Å². The third-order valence-corrected chi connectivity index (χ3v) is 6.17. The van der Waals surface area contributed by atoms with E-state index in [4.69, 9.17) is 4.42 Å². The van der Waals surface area contributed by atoms with Gasteiger partial charge in [-0.1, -0.05) is 56.1 Å². The lowest BCUT2D eigenvalue weighted by atomic mass is 10.2. The zero-order valence-corrected chi connectivity index (χ0v) is 19.5. The normalized spacial score (nSPS) is 17.0. The molecule has 1 aliphatic rings. The monoisotopic (exact) mass is 543 g/mol. The number of amidine groups is 1. The van der Waals surface area contributed by atoms with Gasteiger partial charge in [-0.15, -0.1) is 5.10 Å². The van der Waals surface area contributed by atoms with Gasteiger partial charge in [0.1, 0.15) is 5.76 Å². The van der Waals surface area contributed by atoms with E-state index in [-0.39, 0.29) is 5.91 Å². The first-order valence-corrected chi connectivity index (χ1v) is 11.3. The van der Waals surface area contributed by atoms with Gasteiger partial charge in [-0.3, -0.25) is 9.69 Å². The molecule has 8 heteroatoms. The number of hydrogen-bond donors (Lipinski definition) is 0. The van der Waals surface area contributed by atoms with E-state index in [2.05, 4.69) is 42.1 Å². The highest BCUT2D eigenvalue weighted by Crippen LogP contribution is 2.34. The van der Waals surface area contributed by atoms with Crippen molar-refractivity contribution in [1.82, 2.24) is 4.90 Å². The van der Waals surface area contributed by atoms with Crippen molar-refractivity contribution in [2.24, 2.45) is 10.2 Å². The number of halogens is 2. The molecule has 2 heterocycles. The van der Waals surface area contributed by atoms with Gasteiger partial charge in [0.25, 0.3) is 5.91 Å². The highest BCUT2D eigenvalue weighted by atomic mass is 79.9. The number of carbonyl (C=O) groups is 1. The maximum atomic E-state index is 13.0. The summed E-state index contributed by atoms with van der Waals surface area (Å²) in [5.41, 5.74) is 1.84. The van der Waals surface area contributed by atoms with Gasteiger partial charge in [0, 0.05) is 8.95 Å². The van der Waals surface area contributed by atoms with Crippen molar-refractivity contribution in [1.29, 1.82) is 0 Å². The Morgan fingerprint density at radius 3 is 2.57 bits per heavy atom. The summed E-state index contributed by atoms with van der Waals surface area (Å²) in [5, 5.41) is 9.02. The van der Waals surface area contributed by atoms with Crippen molar-refractivity contribution in [2.75, 3.05) is 0 Å². The fourth-order valence-electron chi connectivity index (χ4n) is 2.72. The number of hydrogen-bond acceptors (Lipinski definition) is 5. The Labute approximate surface area is 194 Å². The van der Waals surface area contributed by atoms with Gasteiger partial charge >= 0.3 is 0 Å². The van der Waals surface area contributed by atoms with Crippen LogP contribution in [0.1, 0.15) is 16.9 Å². The summed E-state index contributed by atoms with van der Waals surface area (Å²) in [6, 6.07) is 19.1. The van der Waals surface area contributed by atoms with Crippen LogP contribution < -0.4 is 0 Å². The third-order valence-electron chi connectivity index (χ3n) is 4.15. The molecule has 1 aromatic heterocycles. The largest absolute Gasteiger partial charge is 0.467 e. The van der Waals surface area contributed by atoms with Crippen LogP contribution in [0.15, 0.2) is 95.4 Å². The fraction of sp³-hybridized carbons (Fsp3) is 0.0455. The average Bonchev–Trinajstić information content (AvgIpc) is 3.34. The van der Waals surface area contributed by atoms with Gasteiger partial charge in [-0.05, 0) is 65.4 Å². The van der Waals surface area contributed by atoms with Crippen LogP contribution in [0.2, 0.25) is 0 Å². The Morgan fingerprint density at radius 1 is 1.00 bits per heavy atom. The molecule has 1 fully saturated rings. The molecule has 0 atom stereocenters. The van der Waals surface area contributed by atoms with Crippen molar-refractivity contribution in [3.8, 4) is 0 Å². The number of rotatable bonds is 5. The molecule has 0 radical (unpaired) electrons. The van der Waals surface area contributed by atoms with E-state index in [0.717, 1.165) is 20.1 Å². The van der Waals surface area contributed by atoms with Crippen LogP contribution in [0, 0.1) is 0 Å². The number of amides is 1. The summed E-state index contributed by atoms with van der Waals surface area (Å²) in [6.45, 7) is 0.293. The Bertz CT molecular complexity index is 1140. The highest BCUT2D eigenvalue weighted by Gasteiger charge is 2.34. The molecule has 1 amide bonds. The molecular formula is C22H15Br2N3O2S. The molecule has 1 saturated heterocycles. The van der Waals surface area contributed by atoms with E-state index in [1.54, 1.807) is 23.4 Å². The Morgan fingerprint density at radius 2 is 1.83 bits per heavy atom. The molecule has 0 unspecified atom stereocenters. The standard InChI is InChI=1S/C22H15Br2N3O2S/c23-17-8-6-15(7-9-17)12-20-21(28)27(14-19-5-2-10-29-19)22(30-20)26-25-13-16-3-1-4-18(24)11-16/h1-13H,14H2/b20-12-,25-13-,26-22+. The maximum absolute atomic E-state index is 13.0. The Hall–Kier alpha value is -2.42. The molecule has 0 aliphatic carbocycles. The Kier molecular flexibility index (Phi) is 6.66. The van der Waals surface area contributed by atoms with Crippen LogP contribution in [-0.2, 0) is 11.3 Å². The SMILES string of the molecule is O=C1/C(=C/c2ccc(Br)cc2)S/C(=N/N=C\c2cccc(Br)c2)N1Cc1ccco1. The molecule has 0 bridgehead atoms. The number of carbonyl (C=O) groups excluding carboxylic acids is 1. The van der Waals surface area contributed by atoms with E-state index in [0.29, 0.717) is 22.4 Å². The van der Waals surface area contributed by atoms with Crippen LogP contribution in [0.5, 0.6) is 0 Å². The van der Waals surface area contributed by atoms with Crippen LogP contribution in [-0.4, -0.2) is 22.2 Å². The lowest BCUT2D eigenvalue weighted by Crippen LogP contribution is -2.28. The summed E-state index contributed by atoms with van der Waals surface area (Å²) in [6.07, 6.45) is 5.10. The van der Waals surface area contributed by atoms with E-state index in [1.165, 1.54) is 11.8 Å². The molecule has 0 spiro atoms. The van der Waals surface area contributed by atoms with Gasteiger partial charge in [0.15, 0.2) is 5.17 Å². The van der Waals surface area contributed by atoms with Crippen LogP contribution in [0.25, 0.3) is 6.08 Å². The van der Waals surface area contributed by atoms with Crippen molar-refractivity contribution in [3.63, 3.8) is 0 Å². The van der Waals surface area contributed by atoms with Gasteiger partial charge < -0.3 is 4.42 Å². The second-order valence-corrected chi connectivity index (χ2v) is 9.16. The van der Waals surface area contributed by atoms with Crippen LogP contribution >= 0.6 is 43.6 Å². The zero-order chi connectivity index (χ0) is 20.9. The van der Waals surface area contributed by atoms with Gasteiger partial charge in [-0.25, -0.2) is 0 Å². The number of nitrogens with zero attached hydrogens (tertiary/aromatic N) is 3. The topological polar surface area (TPSA) is 58.2 Å². The first-order chi connectivity index (χ1) is 14.6. The summed E-state index contributed by atoms with van der Waals surface area (Å²) in [4.78, 5) is 15.2. The first-order valence-electron chi connectivity index (χ1n) is 8.94. The smallest absolute Gasteiger partial charge is 0.267 e. The lowest BCUT2D eigenvalue weighted by molar-refractivity contribution is -0.122. The minimum atomic E-state index is -0.129.